The summed E-state index contributed by atoms with van der Waals surface area (Å²) < 4.78 is 6.13. The Hall–Kier alpha value is -0.943. The van der Waals surface area contributed by atoms with Gasteiger partial charge in [-0.1, -0.05) is 63.3 Å². The number of aliphatic hydroxyl groups is 2. The van der Waals surface area contributed by atoms with E-state index in [9.17, 15) is 10.2 Å². The van der Waals surface area contributed by atoms with E-state index in [0.29, 0.717) is 13.0 Å². The number of hydrogen-bond donors (Lipinski definition) is 2. The van der Waals surface area contributed by atoms with Crippen LogP contribution in [0.15, 0.2) is 42.5 Å². The molecule has 148 valence electrons. The van der Waals surface area contributed by atoms with Gasteiger partial charge in [0.05, 0.1) is 19.8 Å². The third-order valence-electron chi connectivity index (χ3n) is 5.68. The molecule has 1 aromatic rings. The Morgan fingerprint density at radius 1 is 1.00 bits per heavy atom. The quantitative estimate of drug-likeness (QED) is 0.325. The van der Waals surface area contributed by atoms with Gasteiger partial charge in [0.25, 0.3) is 0 Å². The van der Waals surface area contributed by atoms with Crippen LogP contribution < -0.4 is 0 Å². The fourth-order valence-corrected chi connectivity index (χ4v) is 3.64. The van der Waals surface area contributed by atoms with Gasteiger partial charge in [-0.05, 0) is 49.4 Å². The molecule has 0 saturated heterocycles. The number of hydrogen-bond acceptors (Lipinski definition) is 3. The van der Waals surface area contributed by atoms with Crippen molar-refractivity contribution in [2.75, 3.05) is 19.8 Å². The fraction of sp³-hybridized carbons (Fsp3) is 0.636. The minimum atomic E-state index is -1.68. The van der Waals surface area contributed by atoms with Crippen molar-refractivity contribution in [2.24, 2.45) is 5.41 Å². The average Bonchev–Trinajstić information content (AvgIpc) is 2.59. The minimum Gasteiger partial charge on any atom is -0.413 e. The smallest absolute Gasteiger partial charge is 0.192 e. The molecule has 0 aromatic heterocycles. The monoisotopic (exact) mass is 378 g/mol. The molecule has 3 nitrogen and oxygen atoms in total. The van der Waals surface area contributed by atoms with Crippen molar-refractivity contribution in [3.05, 3.63) is 48.0 Å². The predicted octanol–water partition coefficient (Wildman–Crippen LogP) is 4.95. The highest BCUT2D eigenvalue weighted by atomic mass is 28.4. The molecule has 0 aliphatic rings. The molecule has 0 spiro atoms. The van der Waals surface area contributed by atoms with Crippen LogP contribution in [0.5, 0.6) is 0 Å². The molecule has 1 aromatic carbocycles. The Kier molecular flexibility index (Phi) is 9.24. The standard InChI is InChI=1S/C22H38O3Si/c1-21(2,3)26(4,5)25-16-12-7-6-11-15-22(18-23,19-24)17-20-13-9-8-10-14-20/h7-10,12-14,23-24H,6,11,15-19H2,1-5H3/b12-7+. The molecule has 0 aliphatic carbocycles. The van der Waals surface area contributed by atoms with Crippen LogP contribution in [0, 0.1) is 5.41 Å². The summed E-state index contributed by atoms with van der Waals surface area (Å²) in [4.78, 5) is 0. The van der Waals surface area contributed by atoms with Crippen molar-refractivity contribution in [1.29, 1.82) is 0 Å². The predicted molar refractivity (Wildman–Crippen MR) is 113 cm³/mol. The SMILES string of the molecule is CC(C)(C)[Si](C)(C)OC/C=C/CCCC(CO)(CO)Cc1ccccc1. The molecular formula is C22H38O3Si. The maximum Gasteiger partial charge on any atom is 0.192 e. The van der Waals surface area contributed by atoms with Gasteiger partial charge in [-0.2, -0.15) is 0 Å². The maximum atomic E-state index is 9.85. The highest BCUT2D eigenvalue weighted by Gasteiger charge is 2.36. The summed E-state index contributed by atoms with van der Waals surface area (Å²) >= 11 is 0. The highest BCUT2D eigenvalue weighted by molar-refractivity contribution is 6.74. The number of aliphatic hydroxyl groups excluding tert-OH is 2. The number of allylic oxidation sites excluding steroid dienone is 1. The molecule has 0 amide bonds. The van der Waals surface area contributed by atoms with Gasteiger partial charge in [-0.15, -0.1) is 0 Å². The van der Waals surface area contributed by atoms with Gasteiger partial charge in [0, 0.05) is 5.41 Å². The molecule has 0 bridgehead atoms. The van der Waals surface area contributed by atoms with Gasteiger partial charge >= 0.3 is 0 Å². The third-order valence-corrected chi connectivity index (χ3v) is 10.2. The van der Waals surface area contributed by atoms with Crippen molar-refractivity contribution < 1.29 is 14.6 Å². The lowest BCUT2D eigenvalue weighted by Crippen LogP contribution is -2.40. The largest absolute Gasteiger partial charge is 0.413 e. The zero-order valence-corrected chi connectivity index (χ0v) is 18.3. The van der Waals surface area contributed by atoms with E-state index in [1.54, 1.807) is 0 Å². The van der Waals surface area contributed by atoms with Crippen LogP contribution in [-0.4, -0.2) is 38.4 Å². The van der Waals surface area contributed by atoms with Crippen LogP contribution in [0.25, 0.3) is 0 Å². The summed E-state index contributed by atoms with van der Waals surface area (Å²) in [5.74, 6) is 0. The molecular weight excluding hydrogens is 340 g/mol. The van der Waals surface area contributed by atoms with Crippen LogP contribution >= 0.6 is 0 Å². The van der Waals surface area contributed by atoms with E-state index in [1.165, 1.54) is 0 Å². The van der Waals surface area contributed by atoms with Crippen molar-refractivity contribution in [1.82, 2.24) is 0 Å². The summed E-state index contributed by atoms with van der Waals surface area (Å²) in [7, 11) is -1.68. The van der Waals surface area contributed by atoms with Gasteiger partial charge in [-0.3, -0.25) is 0 Å². The highest BCUT2D eigenvalue weighted by Crippen LogP contribution is 2.36. The first-order chi connectivity index (χ1) is 12.2. The summed E-state index contributed by atoms with van der Waals surface area (Å²) in [6.07, 6.45) is 7.68. The molecule has 0 unspecified atom stereocenters. The van der Waals surface area contributed by atoms with Crippen LogP contribution in [0.2, 0.25) is 18.1 Å². The van der Waals surface area contributed by atoms with Crippen LogP contribution in [0.3, 0.4) is 0 Å². The summed E-state index contributed by atoms with van der Waals surface area (Å²) in [6, 6.07) is 10.1. The molecule has 0 radical (unpaired) electrons. The van der Waals surface area contributed by atoms with E-state index in [4.69, 9.17) is 4.43 Å². The van der Waals surface area contributed by atoms with Crippen molar-refractivity contribution >= 4 is 8.32 Å². The Morgan fingerprint density at radius 3 is 2.15 bits per heavy atom. The van der Waals surface area contributed by atoms with Gasteiger partial charge in [0.1, 0.15) is 0 Å². The van der Waals surface area contributed by atoms with Gasteiger partial charge in [0.15, 0.2) is 8.32 Å². The van der Waals surface area contributed by atoms with Crippen molar-refractivity contribution in [3.8, 4) is 0 Å². The lowest BCUT2D eigenvalue weighted by Gasteiger charge is -2.35. The molecule has 0 saturated carbocycles. The minimum absolute atomic E-state index is 0.0105. The first kappa shape index (κ1) is 23.1. The summed E-state index contributed by atoms with van der Waals surface area (Å²) in [5.41, 5.74) is 0.723. The lowest BCUT2D eigenvalue weighted by atomic mass is 9.79. The molecule has 0 heterocycles. The van der Waals surface area contributed by atoms with Gasteiger partial charge < -0.3 is 14.6 Å². The lowest BCUT2D eigenvalue weighted by molar-refractivity contribution is 0.0457. The number of unbranched alkanes of at least 4 members (excludes halogenated alkanes) is 1. The molecule has 0 atom stereocenters. The van der Waals surface area contributed by atoms with E-state index in [2.05, 4.69) is 58.2 Å². The van der Waals surface area contributed by atoms with Crippen LogP contribution in [0.4, 0.5) is 0 Å². The van der Waals surface area contributed by atoms with Crippen LogP contribution in [0.1, 0.15) is 45.6 Å². The number of benzene rings is 1. The first-order valence-electron chi connectivity index (χ1n) is 9.70. The Bertz CT molecular complexity index is 528. The van der Waals surface area contributed by atoms with E-state index in [0.717, 1.165) is 24.8 Å². The third kappa shape index (κ3) is 7.35. The molecule has 0 aliphatic heterocycles. The molecule has 1 rings (SSSR count). The number of rotatable bonds is 11. The van der Waals surface area contributed by atoms with Gasteiger partial charge in [-0.25, -0.2) is 0 Å². The average molecular weight is 379 g/mol. The Morgan fingerprint density at radius 2 is 1.62 bits per heavy atom. The molecule has 2 N–H and O–H groups in total. The van der Waals surface area contributed by atoms with E-state index in [-0.39, 0.29) is 18.3 Å². The topological polar surface area (TPSA) is 49.7 Å². The second-order valence-electron chi connectivity index (χ2n) is 8.91. The van der Waals surface area contributed by atoms with E-state index in [1.807, 2.05) is 18.2 Å². The normalized spacial score (nSPS) is 13.5. The second kappa shape index (κ2) is 10.4. The zero-order chi connectivity index (χ0) is 19.7. The van der Waals surface area contributed by atoms with E-state index < -0.39 is 13.7 Å². The zero-order valence-electron chi connectivity index (χ0n) is 17.3. The Balaban J connectivity index is 2.41. The Labute approximate surface area is 161 Å². The maximum absolute atomic E-state index is 9.85. The van der Waals surface area contributed by atoms with Crippen LogP contribution in [-0.2, 0) is 10.8 Å². The molecule has 4 heteroatoms. The molecule has 0 fully saturated rings. The summed E-state index contributed by atoms with van der Waals surface area (Å²) in [6.45, 7) is 12.0. The van der Waals surface area contributed by atoms with E-state index >= 15 is 0 Å². The van der Waals surface area contributed by atoms with Crippen molar-refractivity contribution in [3.63, 3.8) is 0 Å². The second-order valence-corrected chi connectivity index (χ2v) is 13.7. The fourth-order valence-electron chi connectivity index (χ4n) is 2.69. The van der Waals surface area contributed by atoms with Gasteiger partial charge in [0.2, 0.25) is 0 Å². The first-order valence-corrected chi connectivity index (χ1v) is 12.6. The summed E-state index contributed by atoms with van der Waals surface area (Å²) in [5, 5.41) is 19.9. The van der Waals surface area contributed by atoms with Crippen molar-refractivity contribution in [2.45, 2.75) is 64.6 Å². The molecule has 26 heavy (non-hydrogen) atoms.